The van der Waals surface area contributed by atoms with Crippen molar-refractivity contribution in [3.05, 3.63) is 40.8 Å². The summed E-state index contributed by atoms with van der Waals surface area (Å²) in [5.41, 5.74) is 0.513. The van der Waals surface area contributed by atoms with Gasteiger partial charge in [-0.3, -0.25) is 4.79 Å². The molecule has 0 saturated heterocycles. The van der Waals surface area contributed by atoms with Gasteiger partial charge in [-0.15, -0.1) is 0 Å². The van der Waals surface area contributed by atoms with Crippen molar-refractivity contribution in [2.24, 2.45) is 0 Å². The van der Waals surface area contributed by atoms with Crippen LogP contribution in [0.2, 0.25) is 0 Å². The molecular formula is C12H12N2O3. The number of aromatic nitrogens is 2. The third-order valence-electron chi connectivity index (χ3n) is 2.33. The van der Waals surface area contributed by atoms with Crippen molar-refractivity contribution in [1.82, 2.24) is 9.97 Å². The molecule has 0 aliphatic carbocycles. The molecule has 0 atom stereocenters. The minimum Gasteiger partial charge on any atom is -0.497 e. The summed E-state index contributed by atoms with van der Waals surface area (Å²) in [5, 5.41) is 0. The molecule has 1 N–H and O–H groups in total. The van der Waals surface area contributed by atoms with E-state index in [1.54, 1.807) is 32.4 Å². The summed E-state index contributed by atoms with van der Waals surface area (Å²) >= 11 is 0. The quantitative estimate of drug-likeness (QED) is 0.870. The van der Waals surface area contributed by atoms with Gasteiger partial charge in [-0.1, -0.05) is 0 Å². The number of hydrogen-bond acceptors (Lipinski definition) is 4. The first-order valence-corrected chi connectivity index (χ1v) is 5.02. The third-order valence-corrected chi connectivity index (χ3v) is 2.33. The fourth-order valence-corrected chi connectivity index (χ4v) is 1.50. The van der Waals surface area contributed by atoms with Crippen LogP contribution >= 0.6 is 0 Å². The molecule has 17 heavy (non-hydrogen) atoms. The van der Waals surface area contributed by atoms with Crippen LogP contribution < -0.4 is 15.0 Å². The number of ether oxygens (including phenoxy) is 2. The summed E-state index contributed by atoms with van der Waals surface area (Å²) in [7, 11) is 3.14. The van der Waals surface area contributed by atoms with Crippen LogP contribution in [0.1, 0.15) is 0 Å². The van der Waals surface area contributed by atoms with Gasteiger partial charge in [0.15, 0.2) is 0 Å². The largest absolute Gasteiger partial charge is 0.497 e. The van der Waals surface area contributed by atoms with E-state index in [1.807, 2.05) is 0 Å². The summed E-state index contributed by atoms with van der Waals surface area (Å²) < 4.78 is 10.3. The molecular weight excluding hydrogens is 220 g/mol. The van der Waals surface area contributed by atoms with Gasteiger partial charge in [0, 0.05) is 18.3 Å². The van der Waals surface area contributed by atoms with Gasteiger partial charge in [0.1, 0.15) is 17.3 Å². The molecule has 0 bridgehead atoms. The second-order valence-electron chi connectivity index (χ2n) is 3.35. The predicted molar refractivity (Wildman–Crippen MR) is 63.4 cm³/mol. The lowest BCUT2D eigenvalue weighted by atomic mass is 10.2. The maximum atomic E-state index is 11.2. The Morgan fingerprint density at radius 2 is 2.00 bits per heavy atom. The van der Waals surface area contributed by atoms with Gasteiger partial charge < -0.3 is 14.5 Å². The van der Waals surface area contributed by atoms with Crippen molar-refractivity contribution in [2.75, 3.05) is 14.2 Å². The lowest BCUT2D eigenvalue weighted by molar-refractivity contribution is 0.395. The molecule has 0 unspecified atom stereocenters. The van der Waals surface area contributed by atoms with Crippen LogP contribution in [0.4, 0.5) is 0 Å². The fraction of sp³-hybridized carbons (Fsp3) is 0.167. The molecule has 0 aliphatic rings. The van der Waals surface area contributed by atoms with E-state index in [1.165, 1.54) is 12.3 Å². The van der Waals surface area contributed by atoms with Crippen molar-refractivity contribution in [3.8, 4) is 22.9 Å². The molecule has 0 amide bonds. The highest BCUT2D eigenvalue weighted by molar-refractivity contribution is 5.65. The summed E-state index contributed by atoms with van der Waals surface area (Å²) in [6.07, 6.45) is 1.46. The summed E-state index contributed by atoms with van der Waals surface area (Å²) in [6, 6.07) is 6.67. The van der Waals surface area contributed by atoms with Gasteiger partial charge in [-0.2, -0.15) is 0 Å². The van der Waals surface area contributed by atoms with E-state index in [4.69, 9.17) is 9.47 Å². The average Bonchev–Trinajstić information content (AvgIpc) is 2.38. The number of rotatable bonds is 3. The number of hydrogen-bond donors (Lipinski definition) is 1. The smallest absolute Gasteiger partial charge is 0.251 e. The first-order valence-electron chi connectivity index (χ1n) is 5.02. The van der Waals surface area contributed by atoms with Crippen LogP contribution in [0.25, 0.3) is 11.4 Å². The molecule has 0 radical (unpaired) electrons. The summed E-state index contributed by atoms with van der Waals surface area (Å²) in [6.45, 7) is 0. The van der Waals surface area contributed by atoms with Crippen LogP contribution in [0, 0.1) is 0 Å². The molecule has 2 rings (SSSR count). The van der Waals surface area contributed by atoms with E-state index in [-0.39, 0.29) is 5.56 Å². The van der Waals surface area contributed by atoms with Gasteiger partial charge in [-0.25, -0.2) is 4.98 Å². The Hall–Kier alpha value is -2.30. The standard InChI is InChI=1S/C12H12N2O3/c1-16-8-3-4-9(10(7-8)17-2)12-13-6-5-11(15)14-12/h3-7H,1-2H3,(H,13,14,15). The Morgan fingerprint density at radius 1 is 1.18 bits per heavy atom. The lowest BCUT2D eigenvalue weighted by Crippen LogP contribution is -2.06. The topological polar surface area (TPSA) is 64.2 Å². The molecule has 0 spiro atoms. The molecule has 0 aliphatic heterocycles. The molecule has 1 heterocycles. The second-order valence-corrected chi connectivity index (χ2v) is 3.35. The average molecular weight is 232 g/mol. The summed E-state index contributed by atoms with van der Waals surface area (Å²) in [4.78, 5) is 18.0. The lowest BCUT2D eigenvalue weighted by Gasteiger charge is -2.09. The molecule has 1 aromatic carbocycles. The highest BCUT2D eigenvalue weighted by atomic mass is 16.5. The molecule has 5 heteroatoms. The van der Waals surface area contributed by atoms with E-state index in [9.17, 15) is 4.79 Å². The zero-order valence-electron chi connectivity index (χ0n) is 9.56. The number of methoxy groups -OCH3 is 2. The van der Waals surface area contributed by atoms with E-state index in [2.05, 4.69) is 9.97 Å². The summed E-state index contributed by atoms with van der Waals surface area (Å²) in [5.74, 6) is 1.75. The van der Waals surface area contributed by atoms with Crippen LogP contribution in [0.3, 0.4) is 0 Å². The van der Waals surface area contributed by atoms with E-state index in [0.29, 0.717) is 22.9 Å². The van der Waals surface area contributed by atoms with Gasteiger partial charge in [0.25, 0.3) is 5.56 Å². The molecule has 1 aromatic heterocycles. The number of nitrogens with one attached hydrogen (secondary N) is 1. The number of H-pyrrole nitrogens is 1. The highest BCUT2D eigenvalue weighted by Crippen LogP contribution is 2.30. The minimum atomic E-state index is -0.201. The third kappa shape index (κ3) is 2.28. The number of nitrogens with zero attached hydrogens (tertiary/aromatic N) is 1. The van der Waals surface area contributed by atoms with Crippen LogP contribution in [-0.2, 0) is 0 Å². The normalized spacial score (nSPS) is 10.0. The second kappa shape index (κ2) is 4.69. The number of benzene rings is 1. The Kier molecular flexibility index (Phi) is 3.09. The van der Waals surface area contributed by atoms with Crippen molar-refractivity contribution in [3.63, 3.8) is 0 Å². The van der Waals surface area contributed by atoms with Crippen molar-refractivity contribution >= 4 is 0 Å². The minimum absolute atomic E-state index is 0.201. The molecule has 2 aromatic rings. The Balaban J connectivity index is 2.55. The Bertz CT molecular complexity index is 578. The van der Waals surface area contributed by atoms with Crippen molar-refractivity contribution in [2.45, 2.75) is 0 Å². The predicted octanol–water partition coefficient (Wildman–Crippen LogP) is 1.45. The van der Waals surface area contributed by atoms with Gasteiger partial charge in [0.2, 0.25) is 0 Å². The van der Waals surface area contributed by atoms with Gasteiger partial charge in [0.05, 0.1) is 19.8 Å². The van der Waals surface area contributed by atoms with Crippen molar-refractivity contribution < 1.29 is 9.47 Å². The van der Waals surface area contributed by atoms with Crippen LogP contribution in [0.5, 0.6) is 11.5 Å². The molecule has 88 valence electrons. The Labute approximate surface area is 98.0 Å². The van der Waals surface area contributed by atoms with E-state index in [0.717, 1.165) is 0 Å². The maximum Gasteiger partial charge on any atom is 0.251 e. The van der Waals surface area contributed by atoms with E-state index < -0.39 is 0 Å². The van der Waals surface area contributed by atoms with Gasteiger partial charge in [-0.05, 0) is 12.1 Å². The van der Waals surface area contributed by atoms with Crippen molar-refractivity contribution in [1.29, 1.82) is 0 Å². The molecule has 0 saturated carbocycles. The maximum absolute atomic E-state index is 11.2. The number of aromatic amines is 1. The fourth-order valence-electron chi connectivity index (χ4n) is 1.50. The zero-order chi connectivity index (χ0) is 12.3. The van der Waals surface area contributed by atoms with Crippen LogP contribution in [0.15, 0.2) is 35.3 Å². The van der Waals surface area contributed by atoms with Crippen LogP contribution in [-0.4, -0.2) is 24.2 Å². The first kappa shape index (κ1) is 11.2. The highest BCUT2D eigenvalue weighted by Gasteiger charge is 2.09. The molecule has 5 nitrogen and oxygen atoms in total. The Morgan fingerprint density at radius 3 is 2.65 bits per heavy atom. The monoisotopic (exact) mass is 232 g/mol. The first-order chi connectivity index (χ1) is 8.24. The molecule has 0 fully saturated rings. The van der Waals surface area contributed by atoms with Gasteiger partial charge >= 0.3 is 0 Å². The van der Waals surface area contributed by atoms with E-state index >= 15 is 0 Å². The zero-order valence-corrected chi connectivity index (χ0v) is 9.56. The SMILES string of the molecule is COc1ccc(-c2nccc(=O)[nH]2)c(OC)c1.